The Labute approximate surface area is 116 Å². The molecule has 1 aromatic carbocycles. The van der Waals surface area contributed by atoms with E-state index in [4.69, 9.17) is 9.47 Å². The highest BCUT2D eigenvalue weighted by Gasteiger charge is 2.11. The molecule has 5 heteroatoms. The average molecular weight is 316 g/mol. The number of rotatable bonds is 6. The molecule has 100 valence electrons. The predicted octanol–water partition coefficient (Wildman–Crippen LogP) is 2.61. The lowest BCUT2D eigenvalue weighted by Crippen LogP contribution is -2.35. The number of methoxy groups -OCH3 is 1. The molecule has 1 N–H and O–H groups in total. The number of carbonyl (C=O) groups excluding carboxylic acids is 1. The molecule has 0 bridgehead atoms. The van der Waals surface area contributed by atoms with Crippen molar-refractivity contribution >= 4 is 21.8 Å². The number of benzene rings is 1. The molecule has 0 heterocycles. The fourth-order valence-electron chi connectivity index (χ4n) is 1.45. The van der Waals surface area contributed by atoms with Crippen LogP contribution in [0, 0.1) is 0 Å². The van der Waals surface area contributed by atoms with Gasteiger partial charge >= 0.3 is 0 Å². The minimum Gasteiger partial charge on any atom is -0.496 e. The number of hydrogen-bond acceptors (Lipinski definition) is 3. The number of hydrogen-bond donors (Lipinski definition) is 1. The molecule has 1 atom stereocenters. The Morgan fingerprint density at radius 2 is 2.22 bits per heavy atom. The molecule has 0 fully saturated rings. The molecular formula is C13H18BrNO3. The van der Waals surface area contributed by atoms with E-state index in [0.717, 1.165) is 4.47 Å². The van der Waals surface area contributed by atoms with Crippen molar-refractivity contribution < 1.29 is 14.3 Å². The van der Waals surface area contributed by atoms with E-state index in [0.29, 0.717) is 24.5 Å². The Morgan fingerprint density at radius 3 is 2.78 bits per heavy atom. The van der Waals surface area contributed by atoms with Crippen LogP contribution in [0.2, 0.25) is 0 Å². The van der Waals surface area contributed by atoms with Gasteiger partial charge in [-0.05, 0) is 48.0 Å². The summed E-state index contributed by atoms with van der Waals surface area (Å²) in [6.07, 6.45) is 0. The molecule has 0 saturated heterocycles. The summed E-state index contributed by atoms with van der Waals surface area (Å²) in [6, 6.07) is 5.21. The number of amides is 1. The Kier molecular flexibility index (Phi) is 6.15. The van der Waals surface area contributed by atoms with Crippen molar-refractivity contribution in [2.75, 3.05) is 20.3 Å². The molecular weight excluding hydrogens is 298 g/mol. The topological polar surface area (TPSA) is 47.6 Å². The van der Waals surface area contributed by atoms with Crippen LogP contribution in [0.5, 0.6) is 5.75 Å². The third-order valence-corrected chi connectivity index (χ3v) is 2.98. The fraction of sp³-hybridized carbons (Fsp3) is 0.462. The molecule has 1 unspecified atom stereocenters. The normalized spacial score (nSPS) is 12.0. The lowest BCUT2D eigenvalue weighted by Gasteiger charge is -2.14. The summed E-state index contributed by atoms with van der Waals surface area (Å²) < 4.78 is 11.1. The Bertz CT molecular complexity index is 409. The predicted molar refractivity (Wildman–Crippen MR) is 74.1 cm³/mol. The minimum absolute atomic E-state index is 0.0154. The van der Waals surface area contributed by atoms with Crippen molar-refractivity contribution in [2.45, 2.75) is 19.9 Å². The van der Waals surface area contributed by atoms with Crippen molar-refractivity contribution in [1.82, 2.24) is 5.32 Å². The van der Waals surface area contributed by atoms with Crippen LogP contribution in [0.25, 0.3) is 0 Å². The Balaban J connectivity index is 2.64. The van der Waals surface area contributed by atoms with E-state index in [1.165, 1.54) is 0 Å². The van der Waals surface area contributed by atoms with Gasteiger partial charge in [0.1, 0.15) is 5.75 Å². The molecule has 1 rings (SSSR count). The molecule has 0 radical (unpaired) electrons. The fourth-order valence-corrected chi connectivity index (χ4v) is 1.99. The summed E-state index contributed by atoms with van der Waals surface area (Å²) in [4.78, 5) is 11.9. The van der Waals surface area contributed by atoms with Gasteiger partial charge in [-0.3, -0.25) is 4.79 Å². The highest BCUT2D eigenvalue weighted by molar-refractivity contribution is 9.10. The Hall–Kier alpha value is -1.07. The van der Waals surface area contributed by atoms with E-state index in [1.807, 2.05) is 13.8 Å². The van der Waals surface area contributed by atoms with Gasteiger partial charge in [-0.2, -0.15) is 0 Å². The van der Waals surface area contributed by atoms with E-state index >= 15 is 0 Å². The summed E-state index contributed by atoms with van der Waals surface area (Å²) in [5, 5.41) is 2.87. The lowest BCUT2D eigenvalue weighted by atomic mass is 10.2. The van der Waals surface area contributed by atoms with E-state index < -0.39 is 0 Å². The second-order valence-electron chi connectivity index (χ2n) is 3.88. The molecule has 0 aliphatic carbocycles. The third kappa shape index (κ3) is 4.31. The molecule has 0 aromatic heterocycles. The number of halogens is 1. The summed E-state index contributed by atoms with van der Waals surface area (Å²) in [5.74, 6) is 0.583. The second kappa shape index (κ2) is 7.38. The zero-order chi connectivity index (χ0) is 13.5. The van der Waals surface area contributed by atoms with Gasteiger partial charge in [0.2, 0.25) is 0 Å². The van der Waals surface area contributed by atoms with Crippen molar-refractivity contribution in [3.05, 3.63) is 28.2 Å². The van der Waals surface area contributed by atoms with Gasteiger partial charge in [-0.15, -0.1) is 0 Å². The summed E-state index contributed by atoms with van der Waals surface area (Å²) >= 11 is 3.35. The zero-order valence-corrected chi connectivity index (χ0v) is 12.4. The summed E-state index contributed by atoms with van der Waals surface area (Å²) in [5.41, 5.74) is 0.589. The lowest BCUT2D eigenvalue weighted by molar-refractivity contribution is 0.0872. The maximum absolute atomic E-state index is 11.9. The molecule has 0 spiro atoms. The quantitative estimate of drug-likeness (QED) is 0.877. The molecule has 4 nitrogen and oxygen atoms in total. The second-order valence-corrected chi connectivity index (χ2v) is 4.74. The van der Waals surface area contributed by atoms with Crippen molar-refractivity contribution in [3.8, 4) is 5.75 Å². The SMILES string of the molecule is CCOCC(C)NC(=O)c1ccc(OC)c(Br)c1. The van der Waals surface area contributed by atoms with E-state index in [9.17, 15) is 4.79 Å². The van der Waals surface area contributed by atoms with Gasteiger partial charge in [-0.1, -0.05) is 0 Å². The van der Waals surface area contributed by atoms with Crippen molar-refractivity contribution in [3.63, 3.8) is 0 Å². The number of nitrogens with one attached hydrogen (secondary N) is 1. The van der Waals surface area contributed by atoms with Gasteiger partial charge in [0.05, 0.1) is 18.2 Å². The van der Waals surface area contributed by atoms with E-state index in [1.54, 1.807) is 25.3 Å². The highest BCUT2D eigenvalue weighted by Crippen LogP contribution is 2.25. The van der Waals surface area contributed by atoms with Crippen LogP contribution >= 0.6 is 15.9 Å². The standard InChI is InChI=1S/C13H18BrNO3/c1-4-18-8-9(2)15-13(16)10-5-6-12(17-3)11(14)7-10/h5-7,9H,4,8H2,1-3H3,(H,15,16). The van der Waals surface area contributed by atoms with Crippen LogP contribution in [0.15, 0.2) is 22.7 Å². The van der Waals surface area contributed by atoms with E-state index in [-0.39, 0.29) is 11.9 Å². The minimum atomic E-state index is -0.120. The zero-order valence-electron chi connectivity index (χ0n) is 10.8. The molecule has 0 aliphatic heterocycles. The van der Waals surface area contributed by atoms with E-state index in [2.05, 4.69) is 21.2 Å². The molecule has 0 aliphatic rings. The van der Waals surface area contributed by atoms with Crippen LogP contribution in [0.3, 0.4) is 0 Å². The molecule has 1 aromatic rings. The third-order valence-electron chi connectivity index (χ3n) is 2.36. The van der Waals surface area contributed by atoms with Gasteiger partial charge < -0.3 is 14.8 Å². The average Bonchev–Trinajstić information content (AvgIpc) is 2.36. The monoisotopic (exact) mass is 315 g/mol. The van der Waals surface area contributed by atoms with Gasteiger partial charge in [-0.25, -0.2) is 0 Å². The molecule has 1 amide bonds. The summed E-state index contributed by atoms with van der Waals surface area (Å²) in [6.45, 7) is 5.00. The van der Waals surface area contributed by atoms with Gasteiger partial charge in [0, 0.05) is 18.2 Å². The van der Waals surface area contributed by atoms with Crippen molar-refractivity contribution in [2.24, 2.45) is 0 Å². The number of carbonyl (C=O) groups is 1. The largest absolute Gasteiger partial charge is 0.496 e. The first-order valence-electron chi connectivity index (χ1n) is 5.80. The van der Waals surface area contributed by atoms with Crippen LogP contribution in [0.4, 0.5) is 0 Å². The highest BCUT2D eigenvalue weighted by atomic mass is 79.9. The molecule has 18 heavy (non-hydrogen) atoms. The first-order chi connectivity index (χ1) is 8.58. The molecule has 0 saturated carbocycles. The number of ether oxygens (including phenoxy) is 2. The smallest absolute Gasteiger partial charge is 0.251 e. The maximum atomic E-state index is 11.9. The van der Waals surface area contributed by atoms with Gasteiger partial charge in [0.15, 0.2) is 0 Å². The van der Waals surface area contributed by atoms with Crippen LogP contribution in [-0.2, 0) is 4.74 Å². The van der Waals surface area contributed by atoms with Crippen LogP contribution < -0.4 is 10.1 Å². The van der Waals surface area contributed by atoms with Gasteiger partial charge in [0.25, 0.3) is 5.91 Å². The Morgan fingerprint density at radius 1 is 1.50 bits per heavy atom. The first kappa shape index (κ1) is 15.0. The van der Waals surface area contributed by atoms with Crippen LogP contribution in [0.1, 0.15) is 24.2 Å². The van der Waals surface area contributed by atoms with Crippen molar-refractivity contribution in [1.29, 1.82) is 0 Å². The maximum Gasteiger partial charge on any atom is 0.251 e. The summed E-state index contributed by atoms with van der Waals surface area (Å²) in [7, 11) is 1.59. The van der Waals surface area contributed by atoms with Crippen LogP contribution in [-0.4, -0.2) is 32.3 Å². The first-order valence-corrected chi connectivity index (χ1v) is 6.60.